The lowest BCUT2D eigenvalue weighted by atomic mass is 10.2. The number of ether oxygens (including phenoxy) is 1. The quantitative estimate of drug-likeness (QED) is 0.701. The zero-order valence-corrected chi connectivity index (χ0v) is 13.7. The molecule has 0 bridgehead atoms. The molecule has 1 saturated carbocycles. The van der Waals surface area contributed by atoms with Crippen molar-refractivity contribution in [2.45, 2.75) is 19.4 Å². The number of nitriles is 1. The summed E-state index contributed by atoms with van der Waals surface area (Å²) in [6, 6.07) is 9.27. The minimum absolute atomic E-state index is 0.247. The summed E-state index contributed by atoms with van der Waals surface area (Å²) in [7, 11) is 0. The number of fused-ring (bicyclic) bond motifs is 1. The molecule has 1 aliphatic carbocycles. The van der Waals surface area contributed by atoms with E-state index in [1.165, 1.54) is 12.8 Å². The van der Waals surface area contributed by atoms with E-state index in [9.17, 15) is 0 Å². The molecule has 114 valence electrons. The van der Waals surface area contributed by atoms with Gasteiger partial charge >= 0.3 is 0 Å². The Kier molecular flexibility index (Phi) is 3.46. The Balaban J connectivity index is 1.71. The minimum Gasteiger partial charge on any atom is -0.453 e. The minimum atomic E-state index is 0.247. The van der Waals surface area contributed by atoms with Crippen LogP contribution in [0.15, 0.2) is 34.9 Å². The third-order valence-corrected chi connectivity index (χ3v) is 4.58. The van der Waals surface area contributed by atoms with Crippen LogP contribution < -0.4 is 4.74 Å². The lowest BCUT2D eigenvalue weighted by Gasteiger charge is -2.09. The van der Waals surface area contributed by atoms with E-state index in [0.717, 1.165) is 28.0 Å². The fourth-order valence-electron chi connectivity index (χ4n) is 2.42. The molecule has 0 atom stereocenters. The van der Waals surface area contributed by atoms with Crippen molar-refractivity contribution in [2.75, 3.05) is 0 Å². The second-order valence-corrected chi connectivity index (χ2v) is 6.32. The zero-order valence-electron chi connectivity index (χ0n) is 12.1. The monoisotopic (exact) mass is 369 g/mol. The summed E-state index contributed by atoms with van der Waals surface area (Å²) >= 11 is 3.54. The Morgan fingerprint density at radius 2 is 2.17 bits per heavy atom. The van der Waals surface area contributed by atoms with E-state index in [1.807, 2.05) is 22.9 Å². The molecule has 6 nitrogen and oxygen atoms in total. The SMILES string of the molecule is N#Cc1ncccc1Oc1ccc2c(nnn2CC2CC2)c1Br. The van der Waals surface area contributed by atoms with Gasteiger partial charge in [-0.2, -0.15) is 5.26 Å². The average Bonchev–Trinajstić information content (AvgIpc) is 3.29. The summed E-state index contributed by atoms with van der Waals surface area (Å²) in [6.45, 7) is 0.907. The summed E-state index contributed by atoms with van der Waals surface area (Å²) in [5, 5.41) is 17.6. The molecule has 0 unspecified atom stereocenters. The Bertz CT molecular complexity index is 926. The second kappa shape index (κ2) is 5.63. The summed E-state index contributed by atoms with van der Waals surface area (Å²) in [5.41, 5.74) is 1.98. The van der Waals surface area contributed by atoms with Crippen LogP contribution in [-0.4, -0.2) is 20.0 Å². The number of rotatable bonds is 4. The number of hydrogen-bond acceptors (Lipinski definition) is 5. The van der Waals surface area contributed by atoms with Gasteiger partial charge in [0.25, 0.3) is 0 Å². The Morgan fingerprint density at radius 3 is 2.96 bits per heavy atom. The summed E-state index contributed by atoms with van der Waals surface area (Å²) in [6.07, 6.45) is 4.09. The van der Waals surface area contributed by atoms with Crippen molar-refractivity contribution in [1.82, 2.24) is 20.0 Å². The molecule has 0 saturated heterocycles. The van der Waals surface area contributed by atoms with Gasteiger partial charge in [-0.15, -0.1) is 5.10 Å². The van der Waals surface area contributed by atoms with Crippen molar-refractivity contribution in [3.63, 3.8) is 0 Å². The fourth-order valence-corrected chi connectivity index (χ4v) is 2.92. The van der Waals surface area contributed by atoms with E-state index in [1.54, 1.807) is 18.3 Å². The van der Waals surface area contributed by atoms with Crippen LogP contribution >= 0.6 is 15.9 Å². The molecule has 7 heteroatoms. The first-order chi connectivity index (χ1) is 11.3. The average molecular weight is 370 g/mol. The molecule has 1 fully saturated rings. The molecule has 4 rings (SSSR count). The third-order valence-electron chi connectivity index (χ3n) is 3.81. The first-order valence-corrected chi connectivity index (χ1v) is 8.10. The third kappa shape index (κ3) is 2.66. The maximum atomic E-state index is 9.10. The highest BCUT2D eigenvalue weighted by Crippen LogP contribution is 2.36. The van der Waals surface area contributed by atoms with Gasteiger partial charge in [-0.3, -0.25) is 0 Å². The van der Waals surface area contributed by atoms with Crippen LogP contribution in [0.25, 0.3) is 11.0 Å². The number of halogens is 1. The Labute approximate surface area is 140 Å². The van der Waals surface area contributed by atoms with Crippen molar-refractivity contribution in [1.29, 1.82) is 5.26 Å². The molecule has 2 aromatic heterocycles. The van der Waals surface area contributed by atoms with Crippen LogP contribution in [0.3, 0.4) is 0 Å². The van der Waals surface area contributed by atoms with Crippen molar-refractivity contribution < 1.29 is 4.74 Å². The topological polar surface area (TPSA) is 76.6 Å². The number of benzene rings is 1. The first kappa shape index (κ1) is 14.2. The number of aromatic nitrogens is 4. The normalized spacial score (nSPS) is 13.9. The van der Waals surface area contributed by atoms with E-state index >= 15 is 0 Å². The predicted octanol–water partition coefficient (Wildman–Crippen LogP) is 3.66. The van der Waals surface area contributed by atoms with E-state index in [0.29, 0.717) is 11.5 Å². The summed E-state index contributed by atoms with van der Waals surface area (Å²) in [4.78, 5) is 4.00. The Hall–Kier alpha value is -2.46. The molecule has 0 N–H and O–H groups in total. The lowest BCUT2D eigenvalue weighted by molar-refractivity contribution is 0.476. The molecule has 0 amide bonds. The highest BCUT2D eigenvalue weighted by atomic mass is 79.9. The molecular weight excluding hydrogens is 358 g/mol. The molecule has 3 aromatic rings. The van der Waals surface area contributed by atoms with Crippen LogP contribution in [0.1, 0.15) is 18.5 Å². The fraction of sp³-hybridized carbons (Fsp3) is 0.250. The molecule has 0 radical (unpaired) electrons. The molecule has 23 heavy (non-hydrogen) atoms. The van der Waals surface area contributed by atoms with Crippen LogP contribution in [0.4, 0.5) is 0 Å². The van der Waals surface area contributed by atoms with E-state index < -0.39 is 0 Å². The lowest BCUT2D eigenvalue weighted by Crippen LogP contribution is -2.01. The van der Waals surface area contributed by atoms with Gasteiger partial charge in [0.1, 0.15) is 17.3 Å². The van der Waals surface area contributed by atoms with Crippen molar-refractivity contribution >= 4 is 27.0 Å². The standard InChI is InChI=1S/C16H12BrN5O/c17-15-14(23-13-2-1-7-19-11(13)8-18)6-5-12-16(15)20-21-22(12)9-10-3-4-10/h1-2,5-7,10H,3-4,9H2. The predicted molar refractivity (Wildman–Crippen MR) is 87.0 cm³/mol. The van der Waals surface area contributed by atoms with Crippen LogP contribution in [-0.2, 0) is 6.54 Å². The molecule has 0 spiro atoms. The molecule has 0 aliphatic heterocycles. The number of nitrogens with zero attached hydrogens (tertiary/aromatic N) is 5. The smallest absolute Gasteiger partial charge is 0.183 e. The largest absolute Gasteiger partial charge is 0.453 e. The molecule has 2 heterocycles. The van der Waals surface area contributed by atoms with E-state index in [2.05, 4.69) is 31.2 Å². The van der Waals surface area contributed by atoms with Gasteiger partial charge in [0.05, 0.1) is 9.99 Å². The van der Waals surface area contributed by atoms with Crippen molar-refractivity contribution in [2.24, 2.45) is 5.92 Å². The van der Waals surface area contributed by atoms with Gasteiger partial charge in [-0.05, 0) is 59.0 Å². The molecular formula is C16H12BrN5O. The van der Waals surface area contributed by atoms with Crippen LogP contribution in [0.2, 0.25) is 0 Å². The van der Waals surface area contributed by atoms with Gasteiger partial charge in [-0.1, -0.05) is 5.21 Å². The van der Waals surface area contributed by atoms with Crippen molar-refractivity contribution in [3.8, 4) is 17.6 Å². The van der Waals surface area contributed by atoms with E-state index in [-0.39, 0.29) is 5.69 Å². The zero-order chi connectivity index (χ0) is 15.8. The maximum absolute atomic E-state index is 9.10. The summed E-state index contributed by atoms with van der Waals surface area (Å²) < 4.78 is 8.50. The Morgan fingerprint density at radius 1 is 1.30 bits per heavy atom. The first-order valence-electron chi connectivity index (χ1n) is 7.31. The van der Waals surface area contributed by atoms with Gasteiger partial charge in [0, 0.05) is 12.7 Å². The molecule has 1 aliphatic rings. The molecule has 1 aromatic carbocycles. The van der Waals surface area contributed by atoms with Gasteiger partial charge in [0.15, 0.2) is 11.4 Å². The maximum Gasteiger partial charge on any atom is 0.183 e. The van der Waals surface area contributed by atoms with Crippen molar-refractivity contribution in [3.05, 3.63) is 40.6 Å². The van der Waals surface area contributed by atoms with Gasteiger partial charge < -0.3 is 4.74 Å². The number of hydrogen-bond donors (Lipinski definition) is 0. The highest BCUT2D eigenvalue weighted by molar-refractivity contribution is 9.10. The van der Waals surface area contributed by atoms with Gasteiger partial charge in [-0.25, -0.2) is 9.67 Å². The van der Waals surface area contributed by atoms with Crippen LogP contribution in [0, 0.1) is 17.2 Å². The second-order valence-electron chi connectivity index (χ2n) is 5.52. The number of pyridine rings is 1. The van der Waals surface area contributed by atoms with E-state index in [4.69, 9.17) is 10.00 Å². The van der Waals surface area contributed by atoms with Gasteiger partial charge in [0.2, 0.25) is 0 Å². The summed E-state index contributed by atoms with van der Waals surface area (Å²) in [5.74, 6) is 1.73. The van der Waals surface area contributed by atoms with Crippen LogP contribution in [0.5, 0.6) is 11.5 Å². The highest BCUT2D eigenvalue weighted by Gasteiger charge is 2.24.